The molecule has 5 heteroatoms. The summed E-state index contributed by atoms with van der Waals surface area (Å²) in [5.41, 5.74) is 5.94. The first-order valence-electron chi connectivity index (χ1n) is 8.71. The van der Waals surface area contributed by atoms with Crippen LogP contribution in [0.15, 0.2) is 53.7 Å². The molecule has 132 valence electrons. The number of aromatic nitrogens is 2. The maximum absolute atomic E-state index is 5.24. The summed E-state index contributed by atoms with van der Waals surface area (Å²) in [5, 5.41) is 4.20. The Morgan fingerprint density at radius 2 is 1.77 bits per heavy atom. The molecule has 4 nitrogen and oxygen atoms in total. The summed E-state index contributed by atoms with van der Waals surface area (Å²) in [6.07, 6.45) is 5.61. The van der Waals surface area contributed by atoms with Crippen LogP contribution in [0.4, 0.5) is 11.5 Å². The predicted octanol–water partition coefficient (Wildman–Crippen LogP) is 5.11. The van der Waals surface area contributed by atoms with Crippen molar-refractivity contribution in [2.24, 2.45) is 0 Å². The van der Waals surface area contributed by atoms with Crippen molar-refractivity contribution in [2.45, 2.75) is 24.4 Å². The number of anilines is 2. The first kappa shape index (κ1) is 16.9. The van der Waals surface area contributed by atoms with Gasteiger partial charge < -0.3 is 10.1 Å². The fourth-order valence-corrected chi connectivity index (χ4v) is 3.67. The van der Waals surface area contributed by atoms with Crippen molar-refractivity contribution in [3.63, 3.8) is 0 Å². The lowest BCUT2D eigenvalue weighted by Gasteiger charge is -2.11. The lowest BCUT2D eigenvalue weighted by molar-refractivity contribution is 0.415. The van der Waals surface area contributed by atoms with Crippen LogP contribution in [0.25, 0.3) is 11.3 Å². The number of benzene rings is 2. The summed E-state index contributed by atoms with van der Waals surface area (Å²) in [5.74, 6) is 1.65. The minimum atomic E-state index is 0.752. The molecule has 0 amide bonds. The second-order valence-corrected chi connectivity index (χ2v) is 7.09. The molecule has 1 N–H and O–H groups in total. The summed E-state index contributed by atoms with van der Waals surface area (Å²) in [7, 11) is 1.67. The van der Waals surface area contributed by atoms with Crippen molar-refractivity contribution < 1.29 is 4.74 Å². The van der Waals surface area contributed by atoms with Gasteiger partial charge in [-0.1, -0.05) is 17.8 Å². The van der Waals surface area contributed by atoms with E-state index in [0.717, 1.165) is 33.7 Å². The second-order valence-electron chi connectivity index (χ2n) is 6.32. The largest absolute Gasteiger partial charge is 0.497 e. The molecule has 0 atom stereocenters. The van der Waals surface area contributed by atoms with Gasteiger partial charge in [0.15, 0.2) is 5.16 Å². The summed E-state index contributed by atoms with van der Waals surface area (Å²) in [6, 6.07) is 16.5. The number of aryl methyl sites for hydroxylation is 2. The first-order valence-corrected chi connectivity index (χ1v) is 9.94. The van der Waals surface area contributed by atoms with Gasteiger partial charge in [0.25, 0.3) is 0 Å². The van der Waals surface area contributed by atoms with Crippen molar-refractivity contribution in [1.82, 2.24) is 9.97 Å². The molecular formula is C21H21N3OS. The number of fused-ring (bicyclic) bond motifs is 1. The molecule has 1 aliphatic rings. The summed E-state index contributed by atoms with van der Waals surface area (Å²) >= 11 is 1.54. The normalized spacial score (nSPS) is 12.7. The fourth-order valence-electron chi connectivity index (χ4n) is 3.29. The average molecular weight is 363 g/mol. The first-order chi connectivity index (χ1) is 12.7. The molecule has 0 saturated carbocycles. The quantitative estimate of drug-likeness (QED) is 0.504. The van der Waals surface area contributed by atoms with E-state index < -0.39 is 0 Å². The van der Waals surface area contributed by atoms with Crippen LogP contribution in [0.5, 0.6) is 5.75 Å². The van der Waals surface area contributed by atoms with E-state index in [1.165, 1.54) is 30.4 Å². The molecule has 1 aliphatic carbocycles. The number of rotatable bonds is 5. The van der Waals surface area contributed by atoms with Gasteiger partial charge in [-0.25, -0.2) is 9.97 Å². The van der Waals surface area contributed by atoms with E-state index in [2.05, 4.69) is 33.5 Å². The Kier molecular flexibility index (Phi) is 4.80. The van der Waals surface area contributed by atoms with Crippen LogP contribution in [-0.2, 0) is 12.8 Å². The van der Waals surface area contributed by atoms with Gasteiger partial charge in [-0.05, 0) is 73.0 Å². The molecule has 0 bridgehead atoms. The van der Waals surface area contributed by atoms with Crippen LogP contribution in [-0.4, -0.2) is 23.3 Å². The minimum absolute atomic E-state index is 0.752. The van der Waals surface area contributed by atoms with Gasteiger partial charge in [-0.3, -0.25) is 0 Å². The topological polar surface area (TPSA) is 47.0 Å². The monoisotopic (exact) mass is 363 g/mol. The Morgan fingerprint density at radius 3 is 2.54 bits per heavy atom. The lowest BCUT2D eigenvalue weighted by Crippen LogP contribution is -1.99. The van der Waals surface area contributed by atoms with Gasteiger partial charge in [0.2, 0.25) is 0 Å². The zero-order valence-corrected chi connectivity index (χ0v) is 15.8. The standard InChI is InChI=1S/C21H21N3OS/c1-25-18-10-7-15(8-11-18)19-13-20(24-21(23-19)26-2)22-17-9-6-14-4-3-5-16(14)12-17/h6-13H,3-5H2,1-2H3,(H,22,23,24). The Morgan fingerprint density at radius 1 is 0.962 bits per heavy atom. The molecule has 0 radical (unpaired) electrons. The molecular weight excluding hydrogens is 342 g/mol. The van der Waals surface area contributed by atoms with E-state index >= 15 is 0 Å². The number of ether oxygens (including phenoxy) is 1. The number of nitrogens with zero attached hydrogens (tertiary/aromatic N) is 2. The smallest absolute Gasteiger partial charge is 0.189 e. The third kappa shape index (κ3) is 3.53. The van der Waals surface area contributed by atoms with Crippen LogP contribution in [0.3, 0.4) is 0 Å². The molecule has 4 rings (SSSR count). The van der Waals surface area contributed by atoms with Crippen LogP contribution in [0.2, 0.25) is 0 Å². The van der Waals surface area contributed by atoms with Gasteiger partial charge >= 0.3 is 0 Å². The van der Waals surface area contributed by atoms with Gasteiger partial charge in [0.1, 0.15) is 11.6 Å². The van der Waals surface area contributed by atoms with Crippen molar-refractivity contribution in [1.29, 1.82) is 0 Å². The number of nitrogens with one attached hydrogen (secondary N) is 1. The predicted molar refractivity (Wildman–Crippen MR) is 108 cm³/mol. The number of hydrogen-bond acceptors (Lipinski definition) is 5. The highest BCUT2D eigenvalue weighted by Crippen LogP contribution is 2.29. The highest BCUT2D eigenvalue weighted by atomic mass is 32.2. The van der Waals surface area contributed by atoms with E-state index in [0.29, 0.717) is 0 Å². The van der Waals surface area contributed by atoms with Crippen LogP contribution >= 0.6 is 11.8 Å². The summed E-state index contributed by atoms with van der Waals surface area (Å²) in [6.45, 7) is 0. The zero-order chi connectivity index (χ0) is 17.9. The van der Waals surface area contributed by atoms with Crippen LogP contribution in [0, 0.1) is 0 Å². The number of thioether (sulfide) groups is 1. The Balaban J connectivity index is 1.65. The molecule has 3 aromatic rings. The number of methoxy groups -OCH3 is 1. The highest BCUT2D eigenvalue weighted by Gasteiger charge is 2.12. The minimum Gasteiger partial charge on any atom is -0.497 e. The lowest BCUT2D eigenvalue weighted by atomic mass is 10.1. The maximum atomic E-state index is 5.24. The Bertz CT molecular complexity index is 925. The third-order valence-corrected chi connectivity index (χ3v) is 5.19. The van der Waals surface area contributed by atoms with Crippen molar-refractivity contribution in [3.05, 3.63) is 59.7 Å². The highest BCUT2D eigenvalue weighted by molar-refractivity contribution is 7.98. The Labute approximate surface area is 158 Å². The van der Waals surface area contributed by atoms with Gasteiger partial charge in [-0.15, -0.1) is 0 Å². The van der Waals surface area contributed by atoms with Gasteiger partial charge in [0.05, 0.1) is 12.8 Å². The molecule has 1 heterocycles. The van der Waals surface area contributed by atoms with E-state index in [1.54, 1.807) is 18.9 Å². The summed E-state index contributed by atoms with van der Waals surface area (Å²) in [4.78, 5) is 9.26. The van der Waals surface area contributed by atoms with Crippen LogP contribution in [0.1, 0.15) is 17.5 Å². The molecule has 1 aromatic heterocycles. The SMILES string of the molecule is COc1ccc(-c2cc(Nc3ccc4c(c3)CCC4)nc(SC)n2)cc1. The van der Waals surface area contributed by atoms with Gasteiger partial charge in [-0.2, -0.15) is 0 Å². The van der Waals surface area contributed by atoms with E-state index in [4.69, 9.17) is 4.74 Å². The van der Waals surface area contributed by atoms with Crippen molar-refractivity contribution in [2.75, 3.05) is 18.7 Å². The maximum Gasteiger partial charge on any atom is 0.189 e. The van der Waals surface area contributed by atoms with Crippen molar-refractivity contribution >= 4 is 23.3 Å². The molecule has 26 heavy (non-hydrogen) atoms. The second kappa shape index (κ2) is 7.38. The Hall–Kier alpha value is -2.53. The summed E-state index contributed by atoms with van der Waals surface area (Å²) < 4.78 is 5.24. The van der Waals surface area contributed by atoms with Crippen molar-refractivity contribution in [3.8, 4) is 17.0 Å². The van der Waals surface area contributed by atoms with Gasteiger partial charge in [0, 0.05) is 17.3 Å². The van der Waals surface area contributed by atoms with E-state index in [-0.39, 0.29) is 0 Å². The molecule has 2 aromatic carbocycles. The van der Waals surface area contributed by atoms with E-state index in [9.17, 15) is 0 Å². The molecule has 0 saturated heterocycles. The molecule has 0 fully saturated rings. The molecule has 0 spiro atoms. The van der Waals surface area contributed by atoms with Crippen LogP contribution < -0.4 is 10.1 Å². The average Bonchev–Trinajstić information content (AvgIpc) is 3.15. The molecule has 0 aliphatic heterocycles. The number of hydrogen-bond donors (Lipinski definition) is 1. The van der Waals surface area contributed by atoms with E-state index in [1.807, 2.05) is 36.6 Å². The third-order valence-electron chi connectivity index (χ3n) is 4.64. The fraction of sp³-hybridized carbons (Fsp3) is 0.238. The zero-order valence-electron chi connectivity index (χ0n) is 15.0. The molecule has 0 unspecified atom stereocenters.